The Morgan fingerprint density at radius 3 is 2.25 bits per heavy atom. The number of aryl methyl sites for hydroxylation is 1. The van der Waals surface area contributed by atoms with E-state index in [1.165, 1.54) is 19.1 Å². The van der Waals surface area contributed by atoms with Crippen molar-refractivity contribution in [3.05, 3.63) is 65.5 Å². The first-order valence-electron chi connectivity index (χ1n) is 10.7. The van der Waals surface area contributed by atoms with Crippen LogP contribution < -0.4 is 16.0 Å². The van der Waals surface area contributed by atoms with E-state index in [9.17, 15) is 18.8 Å². The second kappa shape index (κ2) is 10.7. The Morgan fingerprint density at radius 1 is 1.03 bits per heavy atom. The van der Waals surface area contributed by atoms with Crippen molar-refractivity contribution in [3.8, 4) is 0 Å². The van der Waals surface area contributed by atoms with Gasteiger partial charge in [-0.3, -0.25) is 9.59 Å². The topological polar surface area (TPSA) is 90.5 Å². The largest absolute Gasteiger partial charge is 0.351 e. The average Bonchev–Trinajstić information content (AvgIpc) is 2.76. The molecule has 170 valence electrons. The standard InChI is InChI=1S/C24H29FN4O3/c1-16-3-9-20(10-4-16)28-24(32)29-13-11-21(12-14-29)27-23(31)22(26-17(2)30)15-18-5-7-19(25)8-6-18/h3-10,21-22H,11-15H2,1-2H3,(H,26,30)(H,27,31)(H,28,32). The number of rotatable bonds is 6. The Labute approximate surface area is 187 Å². The number of hydrogen-bond acceptors (Lipinski definition) is 3. The summed E-state index contributed by atoms with van der Waals surface area (Å²) in [5.74, 6) is -0.950. The number of carbonyl (C=O) groups excluding carboxylic acids is 3. The number of urea groups is 1. The first-order chi connectivity index (χ1) is 15.3. The minimum absolute atomic E-state index is 0.0876. The van der Waals surface area contributed by atoms with Crippen molar-refractivity contribution in [2.75, 3.05) is 18.4 Å². The van der Waals surface area contributed by atoms with Crippen LogP contribution in [0.25, 0.3) is 0 Å². The number of amides is 4. The average molecular weight is 441 g/mol. The molecule has 1 unspecified atom stereocenters. The van der Waals surface area contributed by atoms with Gasteiger partial charge in [-0.25, -0.2) is 9.18 Å². The van der Waals surface area contributed by atoms with E-state index in [0.29, 0.717) is 25.9 Å². The summed E-state index contributed by atoms with van der Waals surface area (Å²) in [5.41, 5.74) is 2.62. The fraction of sp³-hybridized carbons (Fsp3) is 0.375. The SMILES string of the molecule is CC(=O)NC(Cc1ccc(F)cc1)C(=O)NC1CCN(C(=O)Nc2ccc(C)cc2)CC1. The smallest absolute Gasteiger partial charge is 0.321 e. The minimum atomic E-state index is -0.749. The van der Waals surface area contributed by atoms with E-state index >= 15 is 0 Å². The normalized spacial score (nSPS) is 15.0. The molecular formula is C24H29FN4O3. The van der Waals surface area contributed by atoms with Crippen LogP contribution >= 0.6 is 0 Å². The molecule has 4 amide bonds. The lowest BCUT2D eigenvalue weighted by Gasteiger charge is -2.33. The third-order valence-electron chi connectivity index (χ3n) is 5.48. The molecule has 0 spiro atoms. The van der Waals surface area contributed by atoms with Crippen LogP contribution in [0.4, 0.5) is 14.9 Å². The fourth-order valence-electron chi connectivity index (χ4n) is 3.68. The van der Waals surface area contributed by atoms with Gasteiger partial charge in [-0.05, 0) is 49.6 Å². The number of carbonyl (C=O) groups is 3. The highest BCUT2D eigenvalue weighted by Crippen LogP contribution is 2.15. The molecule has 2 aromatic carbocycles. The molecule has 8 heteroatoms. The maximum Gasteiger partial charge on any atom is 0.321 e. The molecule has 1 atom stereocenters. The molecule has 1 aliphatic rings. The predicted octanol–water partition coefficient (Wildman–Crippen LogP) is 2.99. The summed E-state index contributed by atoms with van der Waals surface area (Å²) in [5, 5.41) is 8.55. The monoisotopic (exact) mass is 440 g/mol. The van der Waals surface area contributed by atoms with Crippen molar-refractivity contribution >= 4 is 23.5 Å². The maximum atomic E-state index is 13.1. The first kappa shape index (κ1) is 23.2. The summed E-state index contributed by atoms with van der Waals surface area (Å²) < 4.78 is 13.1. The van der Waals surface area contributed by atoms with Gasteiger partial charge >= 0.3 is 6.03 Å². The lowest BCUT2D eigenvalue weighted by molar-refractivity contribution is -0.128. The summed E-state index contributed by atoms with van der Waals surface area (Å²) in [6.07, 6.45) is 1.51. The summed E-state index contributed by atoms with van der Waals surface area (Å²) >= 11 is 0. The zero-order chi connectivity index (χ0) is 23.1. The minimum Gasteiger partial charge on any atom is -0.351 e. The van der Waals surface area contributed by atoms with Crippen LogP contribution in [0.5, 0.6) is 0 Å². The van der Waals surface area contributed by atoms with Crippen molar-refractivity contribution in [1.29, 1.82) is 0 Å². The van der Waals surface area contributed by atoms with E-state index in [0.717, 1.165) is 16.8 Å². The Morgan fingerprint density at radius 2 is 1.66 bits per heavy atom. The van der Waals surface area contributed by atoms with Gasteiger partial charge in [0, 0.05) is 38.2 Å². The Hall–Kier alpha value is -3.42. The highest BCUT2D eigenvalue weighted by molar-refractivity contribution is 5.89. The summed E-state index contributed by atoms with van der Waals surface area (Å²) in [6, 6.07) is 12.5. The molecule has 1 fully saturated rings. The van der Waals surface area contributed by atoms with Gasteiger partial charge in [0.25, 0.3) is 0 Å². The number of piperidine rings is 1. The van der Waals surface area contributed by atoms with Gasteiger partial charge in [0.05, 0.1) is 0 Å². The van der Waals surface area contributed by atoms with Gasteiger partial charge < -0.3 is 20.9 Å². The van der Waals surface area contributed by atoms with Crippen LogP contribution in [0, 0.1) is 12.7 Å². The molecule has 0 saturated carbocycles. The molecule has 0 radical (unpaired) electrons. The predicted molar refractivity (Wildman–Crippen MR) is 121 cm³/mol. The Balaban J connectivity index is 1.50. The van der Waals surface area contributed by atoms with Crippen molar-refractivity contribution in [1.82, 2.24) is 15.5 Å². The lowest BCUT2D eigenvalue weighted by Crippen LogP contribution is -2.53. The molecule has 1 heterocycles. The van der Waals surface area contributed by atoms with Crippen LogP contribution in [0.3, 0.4) is 0 Å². The summed E-state index contributed by atoms with van der Waals surface area (Å²) in [7, 11) is 0. The molecular weight excluding hydrogens is 411 g/mol. The number of hydrogen-bond donors (Lipinski definition) is 3. The van der Waals surface area contributed by atoms with Gasteiger partial charge in [0.1, 0.15) is 11.9 Å². The van der Waals surface area contributed by atoms with Crippen LogP contribution in [0.2, 0.25) is 0 Å². The van der Waals surface area contributed by atoms with Crippen LogP contribution in [-0.2, 0) is 16.0 Å². The third kappa shape index (κ3) is 6.80. The van der Waals surface area contributed by atoms with E-state index in [1.807, 2.05) is 31.2 Å². The Kier molecular flexibility index (Phi) is 7.81. The first-order valence-corrected chi connectivity index (χ1v) is 10.7. The molecule has 7 nitrogen and oxygen atoms in total. The highest BCUT2D eigenvalue weighted by Gasteiger charge is 2.27. The maximum absolute atomic E-state index is 13.1. The van der Waals surface area contributed by atoms with E-state index < -0.39 is 6.04 Å². The molecule has 0 aliphatic carbocycles. The van der Waals surface area contributed by atoms with Crippen molar-refractivity contribution in [2.24, 2.45) is 0 Å². The van der Waals surface area contributed by atoms with Crippen molar-refractivity contribution in [3.63, 3.8) is 0 Å². The third-order valence-corrected chi connectivity index (χ3v) is 5.48. The number of likely N-dealkylation sites (tertiary alicyclic amines) is 1. The van der Waals surface area contributed by atoms with Crippen molar-refractivity contribution in [2.45, 2.75) is 45.2 Å². The van der Waals surface area contributed by atoms with Gasteiger partial charge in [-0.1, -0.05) is 29.8 Å². The molecule has 0 aromatic heterocycles. The number of halogens is 1. The second-order valence-corrected chi connectivity index (χ2v) is 8.15. The lowest BCUT2D eigenvalue weighted by atomic mass is 10.0. The summed E-state index contributed by atoms with van der Waals surface area (Å²) in [4.78, 5) is 38.6. The van der Waals surface area contributed by atoms with Gasteiger partial charge in [-0.15, -0.1) is 0 Å². The van der Waals surface area contributed by atoms with Crippen LogP contribution in [0.15, 0.2) is 48.5 Å². The van der Waals surface area contributed by atoms with Gasteiger partial charge in [-0.2, -0.15) is 0 Å². The number of benzene rings is 2. The van der Waals surface area contributed by atoms with Gasteiger partial charge in [0.15, 0.2) is 0 Å². The summed E-state index contributed by atoms with van der Waals surface area (Å²) in [6.45, 7) is 4.38. The molecule has 2 aromatic rings. The quantitative estimate of drug-likeness (QED) is 0.645. The fourth-order valence-corrected chi connectivity index (χ4v) is 3.68. The van der Waals surface area contributed by atoms with E-state index in [4.69, 9.17) is 0 Å². The zero-order valence-electron chi connectivity index (χ0n) is 18.4. The van der Waals surface area contributed by atoms with Crippen LogP contribution in [0.1, 0.15) is 30.9 Å². The second-order valence-electron chi connectivity index (χ2n) is 8.15. The molecule has 1 aliphatic heterocycles. The van der Waals surface area contributed by atoms with Crippen LogP contribution in [-0.4, -0.2) is 47.9 Å². The molecule has 1 saturated heterocycles. The molecule has 32 heavy (non-hydrogen) atoms. The van der Waals surface area contributed by atoms with Crippen molar-refractivity contribution < 1.29 is 18.8 Å². The van der Waals surface area contributed by atoms with E-state index in [-0.39, 0.29) is 36.1 Å². The van der Waals surface area contributed by atoms with E-state index in [2.05, 4.69) is 16.0 Å². The molecule has 3 N–H and O–H groups in total. The number of nitrogens with one attached hydrogen (secondary N) is 3. The number of anilines is 1. The Bertz CT molecular complexity index is 939. The molecule has 0 bridgehead atoms. The zero-order valence-corrected chi connectivity index (χ0v) is 18.4. The van der Waals surface area contributed by atoms with E-state index in [1.54, 1.807) is 17.0 Å². The highest BCUT2D eigenvalue weighted by atomic mass is 19.1. The van der Waals surface area contributed by atoms with Gasteiger partial charge in [0.2, 0.25) is 11.8 Å². The number of nitrogens with zero attached hydrogens (tertiary/aromatic N) is 1. The molecule has 3 rings (SSSR count).